The van der Waals surface area contributed by atoms with Crippen molar-refractivity contribution in [3.63, 3.8) is 0 Å². The molecule has 0 saturated carbocycles. The van der Waals surface area contributed by atoms with Crippen LogP contribution in [0.15, 0.2) is 55.1 Å². The molecule has 3 rings (SSSR count). The van der Waals surface area contributed by atoms with Gasteiger partial charge in [0.25, 0.3) is 0 Å². The quantitative estimate of drug-likeness (QED) is 0.794. The molecule has 1 heterocycles. The molecule has 146 valence electrons. The molecule has 0 aromatic heterocycles. The van der Waals surface area contributed by atoms with Crippen LogP contribution < -0.4 is 15.5 Å². The van der Waals surface area contributed by atoms with E-state index in [0.29, 0.717) is 37.6 Å². The minimum Gasteiger partial charge on any atom is -0.368 e. The molecule has 2 N–H and O–H groups in total. The first-order valence-electron chi connectivity index (χ1n) is 9.07. The van der Waals surface area contributed by atoms with Gasteiger partial charge in [-0.25, -0.2) is 9.18 Å². The summed E-state index contributed by atoms with van der Waals surface area (Å²) in [6.07, 6.45) is 1.33. The summed E-state index contributed by atoms with van der Waals surface area (Å²) in [5.41, 5.74) is 2.80. The van der Waals surface area contributed by atoms with E-state index in [2.05, 4.69) is 22.1 Å². The highest BCUT2D eigenvalue weighted by molar-refractivity contribution is 6.00. The summed E-state index contributed by atoms with van der Waals surface area (Å²) in [6.45, 7) is 7.98. The van der Waals surface area contributed by atoms with Crippen molar-refractivity contribution in [2.24, 2.45) is 0 Å². The van der Waals surface area contributed by atoms with Crippen LogP contribution in [0.5, 0.6) is 0 Å². The van der Waals surface area contributed by atoms with Crippen molar-refractivity contribution in [2.75, 3.05) is 41.7 Å². The highest BCUT2D eigenvalue weighted by Gasteiger charge is 2.19. The molecular weight excluding hydrogens is 359 g/mol. The molecule has 28 heavy (non-hydrogen) atoms. The Bertz CT molecular complexity index is 892. The summed E-state index contributed by atoms with van der Waals surface area (Å²) in [5, 5.41) is 5.44. The Morgan fingerprint density at radius 2 is 1.82 bits per heavy atom. The van der Waals surface area contributed by atoms with Crippen LogP contribution >= 0.6 is 0 Å². The zero-order chi connectivity index (χ0) is 20.1. The molecule has 0 spiro atoms. The molecule has 2 aromatic rings. The van der Waals surface area contributed by atoms with Gasteiger partial charge in [-0.15, -0.1) is 0 Å². The maximum absolute atomic E-state index is 13.4. The average molecular weight is 382 g/mol. The summed E-state index contributed by atoms with van der Waals surface area (Å²) in [6, 6.07) is 11.3. The predicted octanol–water partition coefficient (Wildman–Crippen LogP) is 3.61. The smallest absolute Gasteiger partial charge is 0.323 e. The van der Waals surface area contributed by atoms with Gasteiger partial charge in [0, 0.05) is 43.2 Å². The lowest BCUT2D eigenvalue weighted by Gasteiger charge is -2.35. The standard InChI is InChI=1S/C21H23FN4O2/c1-3-20(27)26-11-9-25(10-12-26)18-6-4-5-17(14-18)23-21(28)24-19-13-16(22)8-7-15(19)2/h3-8,13-14H,1,9-12H2,2H3,(H2,23,24,28). The highest BCUT2D eigenvalue weighted by atomic mass is 19.1. The van der Waals surface area contributed by atoms with E-state index in [-0.39, 0.29) is 5.91 Å². The number of halogens is 1. The number of urea groups is 1. The van der Waals surface area contributed by atoms with Crippen molar-refractivity contribution in [2.45, 2.75) is 6.92 Å². The Balaban J connectivity index is 1.62. The fraction of sp³-hybridized carbons (Fsp3) is 0.238. The van der Waals surface area contributed by atoms with Gasteiger partial charge >= 0.3 is 6.03 Å². The van der Waals surface area contributed by atoms with E-state index >= 15 is 0 Å². The Morgan fingerprint density at radius 1 is 1.07 bits per heavy atom. The third kappa shape index (κ3) is 4.68. The van der Waals surface area contributed by atoms with Gasteiger partial charge in [-0.05, 0) is 48.9 Å². The van der Waals surface area contributed by atoms with Crippen molar-refractivity contribution in [1.82, 2.24) is 4.90 Å². The van der Waals surface area contributed by atoms with E-state index in [1.165, 1.54) is 18.2 Å². The van der Waals surface area contributed by atoms with Crippen LogP contribution in [-0.2, 0) is 4.79 Å². The van der Waals surface area contributed by atoms with Crippen molar-refractivity contribution in [1.29, 1.82) is 0 Å². The van der Waals surface area contributed by atoms with E-state index < -0.39 is 11.8 Å². The van der Waals surface area contributed by atoms with Gasteiger partial charge in [0.2, 0.25) is 5.91 Å². The number of carbonyl (C=O) groups excluding carboxylic acids is 2. The largest absolute Gasteiger partial charge is 0.368 e. The van der Waals surface area contributed by atoms with Gasteiger partial charge in [-0.1, -0.05) is 18.7 Å². The van der Waals surface area contributed by atoms with Gasteiger partial charge in [-0.2, -0.15) is 0 Å². The van der Waals surface area contributed by atoms with Crippen molar-refractivity contribution in [3.05, 3.63) is 66.5 Å². The molecule has 1 saturated heterocycles. The molecule has 0 atom stereocenters. The molecule has 0 unspecified atom stereocenters. The lowest BCUT2D eigenvalue weighted by atomic mass is 10.2. The van der Waals surface area contributed by atoms with Crippen LogP contribution in [0.3, 0.4) is 0 Å². The molecule has 3 amide bonds. The number of nitrogens with zero attached hydrogens (tertiary/aromatic N) is 2. The SMILES string of the molecule is C=CC(=O)N1CCN(c2cccc(NC(=O)Nc3cc(F)ccc3C)c2)CC1. The molecule has 0 aliphatic carbocycles. The minimum absolute atomic E-state index is 0.0561. The summed E-state index contributed by atoms with van der Waals surface area (Å²) in [4.78, 5) is 27.9. The van der Waals surface area contributed by atoms with Crippen LogP contribution in [0.2, 0.25) is 0 Å². The number of hydrogen-bond acceptors (Lipinski definition) is 3. The molecule has 1 aliphatic rings. The average Bonchev–Trinajstić information content (AvgIpc) is 2.70. The van der Waals surface area contributed by atoms with Crippen molar-refractivity contribution in [3.8, 4) is 0 Å². The molecule has 1 fully saturated rings. The number of amides is 3. The van der Waals surface area contributed by atoms with E-state index in [4.69, 9.17) is 0 Å². The monoisotopic (exact) mass is 382 g/mol. The zero-order valence-electron chi connectivity index (χ0n) is 15.7. The number of piperazine rings is 1. The first-order chi connectivity index (χ1) is 13.5. The summed E-state index contributed by atoms with van der Waals surface area (Å²) >= 11 is 0. The Kier molecular flexibility index (Phi) is 5.93. The lowest BCUT2D eigenvalue weighted by Crippen LogP contribution is -2.48. The maximum Gasteiger partial charge on any atom is 0.323 e. The van der Waals surface area contributed by atoms with Crippen LogP contribution in [0.25, 0.3) is 0 Å². The number of hydrogen-bond donors (Lipinski definition) is 2. The first-order valence-corrected chi connectivity index (χ1v) is 9.07. The van der Waals surface area contributed by atoms with Gasteiger partial charge < -0.3 is 20.4 Å². The second kappa shape index (κ2) is 8.56. The van der Waals surface area contributed by atoms with E-state index in [9.17, 15) is 14.0 Å². The third-order valence-corrected chi connectivity index (χ3v) is 4.68. The number of benzene rings is 2. The van der Waals surface area contributed by atoms with Gasteiger partial charge in [0.15, 0.2) is 0 Å². The molecule has 0 bridgehead atoms. The lowest BCUT2D eigenvalue weighted by molar-refractivity contribution is -0.126. The van der Waals surface area contributed by atoms with E-state index in [0.717, 1.165) is 11.3 Å². The van der Waals surface area contributed by atoms with E-state index in [1.807, 2.05) is 18.2 Å². The first kappa shape index (κ1) is 19.4. The van der Waals surface area contributed by atoms with Crippen molar-refractivity contribution < 1.29 is 14.0 Å². The molecular formula is C21H23FN4O2. The fourth-order valence-electron chi connectivity index (χ4n) is 3.11. The van der Waals surface area contributed by atoms with Gasteiger partial charge in [0.1, 0.15) is 5.82 Å². The third-order valence-electron chi connectivity index (χ3n) is 4.68. The molecule has 2 aromatic carbocycles. The number of nitrogens with one attached hydrogen (secondary N) is 2. The van der Waals surface area contributed by atoms with Gasteiger partial charge in [0.05, 0.1) is 0 Å². The summed E-state index contributed by atoms with van der Waals surface area (Å²) in [7, 11) is 0. The summed E-state index contributed by atoms with van der Waals surface area (Å²) in [5.74, 6) is -0.462. The second-order valence-electron chi connectivity index (χ2n) is 6.61. The highest BCUT2D eigenvalue weighted by Crippen LogP contribution is 2.22. The number of rotatable bonds is 4. The van der Waals surface area contributed by atoms with Crippen LogP contribution in [-0.4, -0.2) is 43.0 Å². The van der Waals surface area contributed by atoms with Crippen LogP contribution in [0.4, 0.5) is 26.2 Å². The number of carbonyl (C=O) groups is 2. The molecule has 7 heteroatoms. The Hall–Kier alpha value is -3.35. The fourth-order valence-corrected chi connectivity index (χ4v) is 3.11. The summed E-state index contributed by atoms with van der Waals surface area (Å²) < 4.78 is 13.4. The van der Waals surface area contributed by atoms with Gasteiger partial charge in [-0.3, -0.25) is 4.79 Å². The molecule has 0 radical (unpaired) electrons. The Morgan fingerprint density at radius 3 is 2.54 bits per heavy atom. The minimum atomic E-state index is -0.438. The Labute approximate surface area is 163 Å². The topological polar surface area (TPSA) is 64.7 Å². The van der Waals surface area contributed by atoms with Crippen LogP contribution in [0, 0.1) is 12.7 Å². The molecule has 1 aliphatic heterocycles. The van der Waals surface area contributed by atoms with Crippen molar-refractivity contribution >= 4 is 29.0 Å². The maximum atomic E-state index is 13.4. The predicted molar refractivity (Wildman–Crippen MR) is 109 cm³/mol. The van der Waals surface area contributed by atoms with Crippen LogP contribution in [0.1, 0.15) is 5.56 Å². The molecule has 6 nitrogen and oxygen atoms in total. The second-order valence-corrected chi connectivity index (χ2v) is 6.61. The number of anilines is 3. The number of aryl methyl sites for hydroxylation is 1. The zero-order valence-corrected chi connectivity index (χ0v) is 15.7. The normalized spacial score (nSPS) is 13.8. The van der Waals surface area contributed by atoms with E-state index in [1.54, 1.807) is 24.0 Å².